The lowest BCUT2D eigenvalue weighted by atomic mass is 9.99. The van der Waals surface area contributed by atoms with Crippen LogP contribution in [0.3, 0.4) is 0 Å². The zero-order valence-corrected chi connectivity index (χ0v) is 13.9. The second-order valence-corrected chi connectivity index (χ2v) is 6.29. The SMILES string of the molecule is O=c1ccc2nc3ccc(O[C@H]4O[C@@H](CO)[C@H](O)[C@@H](O)[C@@H]4O)cc3oc-2c1. The molecule has 0 saturated carbocycles. The normalized spacial score (nSPS) is 28.5. The lowest BCUT2D eigenvalue weighted by molar-refractivity contribution is -0.277. The average Bonchev–Trinajstić information content (AvgIpc) is 2.66. The summed E-state index contributed by atoms with van der Waals surface area (Å²) in [5.41, 5.74) is 1.20. The maximum Gasteiger partial charge on any atom is 0.229 e. The molecule has 2 aliphatic heterocycles. The van der Waals surface area contributed by atoms with Gasteiger partial charge < -0.3 is 34.3 Å². The smallest absolute Gasteiger partial charge is 0.229 e. The summed E-state index contributed by atoms with van der Waals surface area (Å²) in [5.74, 6) is 0.565. The van der Waals surface area contributed by atoms with Gasteiger partial charge in [0.1, 0.15) is 41.4 Å². The predicted molar refractivity (Wildman–Crippen MR) is 91.3 cm³/mol. The molecule has 4 rings (SSSR count). The van der Waals surface area contributed by atoms with Gasteiger partial charge in [-0.25, -0.2) is 4.98 Å². The van der Waals surface area contributed by atoms with E-state index in [9.17, 15) is 25.2 Å². The predicted octanol–water partition coefficient (Wildman–Crippen LogP) is -0.529. The van der Waals surface area contributed by atoms with Crippen molar-refractivity contribution in [1.82, 2.24) is 4.98 Å². The Kier molecular flexibility index (Phi) is 4.54. The summed E-state index contributed by atoms with van der Waals surface area (Å²) in [6, 6.07) is 8.99. The van der Waals surface area contributed by atoms with E-state index >= 15 is 0 Å². The van der Waals surface area contributed by atoms with E-state index in [4.69, 9.17) is 13.9 Å². The third-order valence-electron chi connectivity index (χ3n) is 4.42. The lowest BCUT2D eigenvalue weighted by Gasteiger charge is -2.39. The van der Waals surface area contributed by atoms with Gasteiger partial charge in [-0.2, -0.15) is 0 Å². The summed E-state index contributed by atoms with van der Waals surface area (Å²) < 4.78 is 16.6. The van der Waals surface area contributed by atoms with Crippen molar-refractivity contribution in [2.45, 2.75) is 30.7 Å². The number of benzene rings is 2. The summed E-state index contributed by atoms with van der Waals surface area (Å²) in [6.45, 7) is -0.550. The summed E-state index contributed by atoms with van der Waals surface area (Å²) in [6.07, 6.45) is -6.90. The van der Waals surface area contributed by atoms with Crippen LogP contribution in [0.25, 0.3) is 22.6 Å². The average molecular weight is 375 g/mol. The molecule has 4 N–H and O–H groups in total. The minimum Gasteiger partial charge on any atom is -0.462 e. The van der Waals surface area contributed by atoms with Gasteiger partial charge in [0.05, 0.1) is 6.61 Å². The Labute approximate surface area is 152 Å². The molecule has 1 aliphatic carbocycles. The first-order valence-electron chi connectivity index (χ1n) is 8.28. The topological polar surface area (TPSA) is 142 Å². The van der Waals surface area contributed by atoms with Crippen LogP contribution in [0.2, 0.25) is 0 Å². The number of ether oxygens (including phenoxy) is 2. The molecule has 9 nitrogen and oxygen atoms in total. The van der Waals surface area contributed by atoms with Crippen molar-refractivity contribution in [3.05, 3.63) is 46.6 Å². The highest BCUT2D eigenvalue weighted by Crippen LogP contribution is 2.29. The van der Waals surface area contributed by atoms with Crippen LogP contribution in [-0.4, -0.2) is 62.7 Å². The number of hydrogen-bond donors (Lipinski definition) is 4. The third kappa shape index (κ3) is 3.27. The van der Waals surface area contributed by atoms with E-state index in [1.165, 1.54) is 18.2 Å². The first-order valence-corrected chi connectivity index (χ1v) is 8.28. The molecule has 5 atom stereocenters. The molecule has 0 bridgehead atoms. The van der Waals surface area contributed by atoms with Crippen LogP contribution in [0.5, 0.6) is 5.75 Å². The van der Waals surface area contributed by atoms with Gasteiger partial charge in [-0.3, -0.25) is 4.79 Å². The van der Waals surface area contributed by atoms with Crippen molar-refractivity contribution >= 4 is 11.1 Å². The Balaban J connectivity index is 1.65. The van der Waals surface area contributed by atoms with Gasteiger partial charge in [-0.15, -0.1) is 0 Å². The molecule has 9 heteroatoms. The highest BCUT2D eigenvalue weighted by Gasteiger charge is 2.44. The maximum atomic E-state index is 11.5. The molecule has 0 aromatic heterocycles. The zero-order valence-electron chi connectivity index (χ0n) is 13.9. The van der Waals surface area contributed by atoms with Gasteiger partial charge >= 0.3 is 0 Å². The fourth-order valence-electron chi connectivity index (χ4n) is 2.96. The van der Waals surface area contributed by atoms with Crippen molar-refractivity contribution in [2.75, 3.05) is 6.61 Å². The summed E-state index contributed by atoms with van der Waals surface area (Å²) in [7, 11) is 0. The Hall–Kier alpha value is -2.56. The molecule has 0 amide bonds. The molecule has 0 unspecified atom stereocenters. The largest absolute Gasteiger partial charge is 0.462 e. The van der Waals surface area contributed by atoms with Crippen LogP contribution in [-0.2, 0) is 4.74 Å². The quantitative estimate of drug-likeness (QED) is 0.444. The third-order valence-corrected chi connectivity index (χ3v) is 4.42. The number of rotatable bonds is 3. The number of aliphatic hydroxyl groups is 4. The first-order chi connectivity index (χ1) is 13.0. The van der Waals surface area contributed by atoms with E-state index < -0.39 is 37.3 Å². The molecule has 0 spiro atoms. The van der Waals surface area contributed by atoms with E-state index in [0.717, 1.165) is 0 Å². The minimum absolute atomic E-state index is 0.207. The monoisotopic (exact) mass is 375 g/mol. The Bertz CT molecular complexity index is 987. The van der Waals surface area contributed by atoms with Gasteiger partial charge in [0.25, 0.3) is 0 Å². The van der Waals surface area contributed by atoms with Crippen LogP contribution in [0.15, 0.2) is 45.6 Å². The molecular formula is C18H17NO8. The van der Waals surface area contributed by atoms with Crippen molar-refractivity contribution in [3.63, 3.8) is 0 Å². The van der Waals surface area contributed by atoms with Crippen molar-refractivity contribution in [3.8, 4) is 17.2 Å². The van der Waals surface area contributed by atoms with E-state index in [2.05, 4.69) is 4.98 Å². The van der Waals surface area contributed by atoms with Crippen LogP contribution in [0.4, 0.5) is 0 Å². The Morgan fingerprint density at radius 2 is 1.85 bits per heavy atom. The number of hydrogen-bond acceptors (Lipinski definition) is 9. The second kappa shape index (κ2) is 6.87. The number of nitrogens with zero attached hydrogens (tertiary/aromatic N) is 1. The molecule has 1 aromatic carbocycles. The maximum absolute atomic E-state index is 11.5. The highest BCUT2D eigenvalue weighted by atomic mass is 16.7. The van der Waals surface area contributed by atoms with Crippen molar-refractivity contribution in [1.29, 1.82) is 0 Å². The molecular weight excluding hydrogens is 358 g/mol. The summed E-state index contributed by atoms with van der Waals surface area (Å²) in [4.78, 5) is 15.9. The summed E-state index contributed by atoms with van der Waals surface area (Å²) >= 11 is 0. The molecule has 0 radical (unpaired) electrons. The van der Waals surface area contributed by atoms with E-state index in [1.807, 2.05) is 0 Å². The lowest BCUT2D eigenvalue weighted by Crippen LogP contribution is -2.60. The second-order valence-electron chi connectivity index (χ2n) is 6.29. The standard InChI is InChI=1S/C18H17NO8/c20-7-14-15(22)16(23)17(24)18(27-14)25-9-2-4-11-13(6-9)26-12-5-8(21)1-3-10(12)19-11/h1-6,14-18,20,22-24H,7H2/t14-,15-,16+,17-,18-/m0/s1. The van der Waals surface area contributed by atoms with Crippen LogP contribution >= 0.6 is 0 Å². The van der Waals surface area contributed by atoms with Gasteiger partial charge in [0.2, 0.25) is 6.29 Å². The Morgan fingerprint density at radius 1 is 1.04 bits per heavy atom. The van der Waals surface area contributed by atoms with E-state index in [1.54, 1.807) is 18.2 Å². The number of fused-ring (bicyclic) bond motifs is 2. The number of aliphatic hydroxyl groups excluding tert-OH is 4. The van der Waals surface area contributed by atoms with Gasteiger partial charge in [0, 0.05) is 12.1 Å². The fourth-order valence-corrected chi connectivity index (χ4v) is 2.96. The molecule has 3 aliphatic rings. The van der Waals surface area contributed by atoms with E-state index in [0.29, 0.717) is 22.6 Å². The van der Waals surface area contributed by atoms with Gasteiger partial charge in [-0.1, -0.05) is 0 Å². The zero-order chi connectivity index (χ0) is 19.1. The van der Waals surface area contributed by atoms with Gasteiger partial charge in [0.15, 0.2) is 16.8 Å². The molecule has 142 valence electrons. The molecule has 2 heterocycles. The van der Waals surface area contributed by atoms with Crippen LogP contribution in [0, 0.1) is 0 Å². The van der Waals surface area contributed by atoms with Crippen molar-refractivity contribution in [2.24, 2.45) is 0 Å². The molecule has 27 heavy (non-hydrogen) atoms. The van der Waals surface area contributed by atoms with E-state index in [-0.39, 0.29) is 11.2 Å². The summed E-state index contributed by atoms with van der Waals surface area (Å²) in [5, 5.41) is 38.9. The molecule has 1 fully saturated rings. The number of aromatic nitrogens is 1. The molecule has 1 saturated heterocycles. The highest BCUT2D eigenvalue weighted by molar-refractivity contribution is 5.77. The fraction of sp³-hybridized carbons (Fsp3) is 0.333. The van der Waals surface area contributed by atoms with Crippen molar-refractivity contribution < 1.29 is 34.3 Å². The van der Waals surface area contributed by atoms with Crippen LogP contribution in [0.1, 0.15) is 0 Å². The molecule has 1 aromatic rings. The van der Waals surface area contributed by atoms with Gasteiger partial charge in [-0.05, 0) is 24.3 Å². The van der Waals surface area contributed by atoms with Crippen LogP contribution < -0.4 is 10.2 Å². The Morgan fingerprint density at radius 3 is 2.63 bits per heavy atom. The first kappa shape index (κ1) is 17.8. The minimum atomic E-state index is -1.54.